The summed E-state index contributed by atoms with van der Waals surface area (Å²) in [5.41, 5.74) is 0. The van der Waals surface area contributed by atoms with Crippen molar-refractivity contribution >= 4 is 35.7 Å². The van der Waals surface area contributed by atoms with E-state index in [-0.39, 0.29) is 11.8 Å². The van der Waals surface area contributed by atoms with Crippen LogP contribution in [0, 0.1) is 0 Å². The number of aliphatic hydroxyl groups is 6. The highest BCUT2D eigenvalue weighted by atomic mass is 16.5. The monoisotopic (exact) mass is 1350 g/mol. The van der Waals surface area contributed by atoms with Gasteiger partial charge in [-0.25, -0.2) is 19.2 Å². The Kier molecular flexibility index (Phi) is 79.2. The maximum absolute atomic E-state index is 12.1. The zero-order chi connectivity index (χ0) is 72.7. The molecule has 0 fully saturated rings. The van der Waals surface area contributed by atoms with Crippen LogP contribution in [0.25, 0.3) is 0 Å². The number of nitrogens with one attached hydrogen (secondary N) is 2. The predicted octanol–water partition coefficient (Wildman–Crippen LogP) is 10.9. The maximum Gasteiger partial charge on any atom is 0.332 e. The molecule has 22 nitrogen and oxygen atoms in total. The Bertz CT molecular complexity index is 1690. The molecular weight excluding hydrogens is 1210 g/mol. The van der Waals surface area contributed by atoms with Crippen molar-refractivity contribution in [3.05, 3.63) is 48.6 Å². The van der Waals surface area contributed by atoms with E-state index < -0.39 is 60.5 Å². The molecule has 0 saturated carbocycles. The van der Waals surface area contributed by atoms with Crippen LogP contribution in [-0.2, 0) is 38.2 Å². The third-order valence-corrected chi connectivity index (χ3v) is 14.0. The van der Waals surface area contributed by atoms with Crippen molar-refractivity contribution in [3.8, 4) is 0 Å². The van der Waals surface area contributed by atoms with Crippen LogP contribution in [0.4, 0.5) is 0 Å². The van der Waals surface area contributed by atoms with Crippen molar-refractivity contribution in [3.63, 3.8) is 0 Å². The normalized spacial score (nSPS) is 13.3. The number of carbonyl (C=O) groups is 6. The second kappa shape index (κ2) is 74.2. The standard InChI is InChI=1S/2C30H58N2O3.4C3H6O3/c2*1-5-7-9-10-11-12-13-14-15-16-17-18-19-20-21-23-30(34)31-24-22-25-32(3,4)27-29(33)28-35-26-8-6-2;4*1-2(4)3(5)6/h2*11-12,14-15,29,33H,5-10,13,16-28H2,1-4H3;4*2,4H,1H3,(H,5,6)/p+2/b2*12-11-,15-14-;;;;. The minimum Gasteiger partial charge on any atom is -0.479 e. The van der Waals surface area contributed by atoms with Crippen LogP contribution >= 0.6 is 0 Å². The van der Waals surface area contributed by atoms with Gasteiger partial charge in [-0.2, -0.15) is 0 Å². The fourth-order valence-corrected chi connectivity index (χ4v) is 8.20. The number of aliphatic carboxylic acids is 4. The lowest BCUT2D eigenvalue weighted by Crippen LogP contribution is -2.47. The number of carboxylic acid groups (broad SMARTS) is 4. The molecule has 94 heavy (non-hydrogen) atoms. The van der Waals surface area contributed by atoms with Crippen LogP contribution in [0.2, 0.25) is 0 Å². The lowest BCUT2D eigenvalue weighted by molar-refractivity contribution is -0.893. The number of carboxylic acids is 4. The summed E-state index contributed by atoms with van der Waals surface area (Å²) in [5, 5.41) is 89.5. The largest absolute Gasteiger partial charge is 0.479 e. The van der Waals surface area contributed by atoms with E-state index in [0.717, 1.165) is 112 Å². The Balaban J connectivity index is -0.000000304. The van der Waals surface area contributed by atoms with Gasteiger partial charge in [0.1, 0.15) is 49.7 Å². The first-order valence-electron chi connectivity index (χ1n) is 35.3. The molecule has 0 aliphatic heterocycles. The number of amides is 2. The zero-order valence-electron chi connectivity index (χ0n) is 61.0. The average Bonchev–Trinajstić information content (AvgIpc) is 3.70. The number of carbonyl (C=O) groups excluding carboxylic acids is 2. The number of ether oxygens (including phenoxy) is 2. The molecule has 0 rings (SSSR count). The van der Waals surface area contributed by atoms with E-state index in [1.165, 1.54) is 130 Å². The number of hydrogen-bond donors (Lipinski definition) is 12. The number of rotatable bonds is 54. The lowest BCUT2D eigenvalue weighted by atomic mass is 10.1. The number of aliphatic hydroxyl groups excluding tert-OH is 6. The Labute approximate surface area is 569 Å². The predicted molar refractivity (Wildman–Crippen MR) is 378 cm³/mol. The Hall–Kier alpha value is -4.62. The van der Waals surface area contributed by atoms with Crippen LogP contribution in [0.15, 0.2) is 48.6 Å². The summed E-state index contributed by atoms with van der Waals surface area (Å²) in [7, 11) is 8.50. The van der Waals surface area contributed by atoms with Gasteiger partial charge in [0.15, 0.2) is 0 Å². The smallest absolute Gasteiger partial charge is 0.332 e. The number of hydrogen-bond acceptors (Lipinski definition) is 14. The molecule has 22 heteroatoms. The first-order valence-corrected chi connectivity index (χ1v) is 35.3. The number of unbranched alkanes of at least 4 members (excludes halogenated alkanes) is 18. The molecule has 2 amide bonds. The van der Waals surface area contributed by atoms with Crippen LogP contribution in [0.3, 0.4) is 0 Å². The van der Waals surface area contributed by atoms with Crippen molar-refractivity contribution < 1.29 is 98.3 Å². The van der Waals surface area contributed by atoms with Gasteiger partial charge in [0, 0.05) is 52.0 Å². The number of nitrogens with zero attached hydrogens (tertiary/aromatic N) is 2. The molecule has 0 radical (unpaired) electrons. The van der Waals surface area contributed by atoms with Crippen LogP contribution in [-0.4, -0.2) is 226 Å². The molecule has 556 valence electrons. The minimum absolute atomic E-state index is 0.172. The fourth-order valence-electron chi connectivity index (χ4n) is 8.20. The second-order valence-electron chi connectivity index (χ2n) is 25.3. The second-order valence-corrected chi connectivity index (χ2v) is 25.3. The van der Waals surface area contributed by atoms with E-state index in [2.05, 4.69) is 115 Å². The average molecular weight is 1350 g/mol. The molecular formula is C72H142N4O18+2. The molecule has 0 aliphatic rings. The van der Waals surface area contributed by atoms with E-state index in [9.17, 15) is 39.0 Å². The summed E-state index contributed by atoms with van der Waals surface area (Å²) in [6, 6.07) is 0. The summed E-state index contributed by atoms with van der Waals surface area (Å²) in [5.74, 6) is -4.40. The van der Waals surface area contributed by atoms with Crippen molar-refractivity contribution in [2.45, 2.75) is 285 Å². The molecule has 0 aromatic rings. The minimum atomic E-state index is -1.23. The van der Waals surface area contributed by atoms with E-state index in [0.29, 0.717) is 52.2 Å². The topological polar surface area (TPSA) is 347 Å². The van der Waals surface area contributed by atoms with Gasteiger partial charge in [0.25, 0.3) is 0 Å². The lowest BCUT2D eigenvalue weighted by Gasteiger charge is -2.32. The Morgan fingerprint density at radius 2 is 0.606 bits per heavy atom. The molecule has 12 N–H and O–H groups in total. The number of allylic oxidation sites excluding steroid dienone is 8. The molecule has 6 unspecified atom stereocenters. The molecule has 0 aromatic carbocycles. The quantitative estimate of drug-likeness (QED) is 0.0153. The molecule has 0 aromatic heterocycles. The van der Waals surface area contributed by atoms with Gasteiger partial charge in [-0.1, -0.05) is 153 Å². The third kappa shape index (κ3) is 93.8. The summed E-state index contributed by atoms with van der Waals surface area (Å²) in [6.07, 6.45) is 46.5. The van der Waals surface area contributed by atoms with E-state index in [1.807, 2.05) is 0 Å². The SMILES string of the molecule is CC(O)C(=O)O.CC(O)C(=O)O.CC(O)C(=O)O.CC(O)C(=O)O.CCCCC/C=C\C/C=C\CCCCCCCC(=O)NCCC[N+](C)(C)CC(O)COCCCC.CCCCC/C=C\C/C=C\CCCCCCCC(=O)NCCC[N+](C)(C)CC(O)COCCCC. The van der Waals surface area contributed by atoms with Gasteiger partial charge in [-0.05, 0) is 118 Å². The Morgan fingerprint density at radius 3 is 0.862 bits per heavy atom. The van der Waals surface area contributed by atoms with Gasteiger partial charge in [0.2, 0.25) is 11.8 Å². The molecule has 0 heterocycles. The van der Waals surface area contributed by atoms with Crippen molar-refractivity contribution in [2.24, 2.45) is 0 Å². The van der Waals surface area contributed by atoms with E-state index >= 15 is 0 Å². The summed E-state index contributed by atoms with van der Waals surface area (Å²) in [6.45, 7) is 20.4. The van der Waals surface area contributed by atoms with Gasteiger partial charge in [-0.3, -0.25) is 9.59 Å². The van der Waals surface area contributed by atoms with Crippen LogP contribution in [0.5, 0.6) is 0 Å². The Morgan fingerprint density at radius 1 is 0.362 bits per heavy atom. The number of likely N-dealkylation sites (N-methyl/N-ethyl adjacent to an activating group) is 2. The van der Waals surface area contributed by atoms with Gasteiger partial charge in [0.05, 0.1) is 54.5 Å². The van der Waals surface area contributed by atoms with Gasteiger partial charge in [-0.15, -0.1) is 0 Å². The molecule has 0 spiro atoms. The first kappa shape index (κ1) is 100. The van der Waals surface area contributed by atoms with Gasteiger partial charge >= 0.3 is 23.9 Å². The van der Waals surface area contributed by atoms with E-state index in [4.69, 9.17) is 50.3 Å². The van der Waals surface area contributed by atoms with Crippen molar-refractivity contribution in [1.82, 2.24) is 10.6 Å². The number of quaternary nitrogens is 2. The van der Waals surface area contributed by atoms with Gasteiger partial charge < -0.3 is 80.1 Å². The highest BCUT2D eigenvalue weighted by molar-refractivity contribution is 5.76. The van der Waals surface area contributed by atoms with Crippen LogP contribution < -0.4 is 10.6 Å². The summed E-state index contributed by atoms with van der Waals surface area (Å²) >= 11 is 0. The maximum atomic E-state index is 12.1. The molecule has 0 saturated heterocycles. The molecule has 6 atom stereocenters. The summed E-state index contributed by atoms with van der Waals surface area (Å²) < 4.78 is 12.5. The van der Waals surface area contributed by atoms with Crippen molar-refractivity contribution in [2.75, 3.05) is 93.9 Å². The highest BCUT2D eigenvalue weighted by Crippen LogP contribution is 2.11. The highest BCUT2D eigenvalue weighted by Gasteiger charge is 2.22. The molecule has 0 aliphatic carbocycles. The van der Waals surface area contributed by atoms with Crippen LogP contribution in [0.1, 0.15) is 248 Å². The molecule has 0 bridgehead atoms. The zero-order valence-corrected chi connectivity index (χ0v) is 61.0. The summed E-state index contributed by atoms with van der Waals surface area (Å²) in [4.78, 5) is 61.9. The third-order valence-electron chi connectivity index (χ3n) is 14.0. The first-order chi connectivity index (χ1) is 44.4. The van der Waals surface area contributed by atoms with Crippen molar-refractivity contribution in [1.29, 1.82) is 0 Å². The van der Waals surface area contributed by atoms with E-state index in [1.54, 1.807) is 0 Å². The fraction of sp³-hybridized carbons (Fsp3) is 0.806.